The number of nitrogens with one attached hydrogen (secondary N) is 1. The molecule has 2 heterocycles. The van der Waals surface area contributed by atoms with Crippen LogP contribution in [0.5, 0.6) is 5.75 Å². The molecule has 2 aromatic carbocycles. The second-order valence-electron chi connectivity index (χ2n) is 7.58. The zero-order valence-electron chi connectivity index (χ0n) is 16.6. The molecule has 0 radical (unpaired) electrons. The number of hydrogen-bond acceptors (Lipinski definition) is 4. The molecular weight excluding hydrogens is 380 g/mol. The molecule has 2 amide bonds. The van der Waals surface area contributed by atoms with Crippen molar-refractivity contribution in [1.82, 2.24) is 15.1 Å². The summed E-state index contributed by atoms with van der Waals surface area (Å²) in [5.74, 6) is 0.455. The predicted octanol–water partition coefficient (Wildman–Crippen LogP) is 2.90. The van der Waals surface area contributed by atoms with E-state index in [4.69, 9.17) is 9.84 Å². The highest BCUT2D eigenvalue weighted by atomic mass is 16.5. The van der Waals surface area contributed by atoms with Crippen molar-refractivity contribution >= 4 is 17.5 Å². The molecule has 0 saturated heterocycles. The van der Waals surface area contributed by atoms with Crippen molar-refractivity contribution in [3.05, 3.63) is 72.1 Å². The Morgan fingerprint density at radius 2 is 1.80 bits per heavy atom. The number of amides is 2. The van der Waals surface area contributed by atoms with E-state index in [-0.39, 0.29) is 18.4 Å². The first kappa shape index (κ1) is 18.4. The molecule has 1 N–H and O–H groups in total. The van der Waals surface area contributed by atoms with Gasteiger partial charge in [0.05, 0.1) is 23.6 Å². The van der Waals surface area contributed by atoms with Crippen LogP contribution in [0.15, 0.2) is 60.7 Å². The van der Waals surface area contributed by atoms with Crippen LogP contribution in [0.3, 0.4) is 0 Å². The molecule has 3 aromatic rings. The Bertz CT molecular complexity index is 1100. The summed E-state index contributed by atoms with van der Waals surface area (Å²) in [7, 11) is 1.56. The Morgan fingerprint density at radius 3 is 2.53 bits per heavy atom. The summed E-state index contributed by atoms with van der Waals surface area (Å²) in [6.07, 6.45) is 1.42. The van der Waals surface area contributed by atoms with Crippen molar-refractivity contribution in [2.45, 2.75) is 24.9 Å². The molecule has 1 aliphatic carbocycles. The third-order valence-electron chi connectivity index (χ3n) is 5.50. The van der Waals surface area contributed by atoms with Gasteiger partial charge in [-0.05, 0) is 43.2 Å². The number of para-hydroxylation sites is 3. The lowest BCUT2D eigenvalue weighted by Crippen LogP contribution is -2.50. The van der Waals surface area contributed by atoms with Crippen LogP contribution in [0.2, 0.25) is 0 Å². The predicted molar refractivity (Wildman–Crippen MR) is 112 cm³/mol. The molecule has 1 saturated carbocycles. The van der Waals surface area contributed by atoms with Crippen molar-refractivity contribution < 1.29 is 14.3 Å². The molecule has 30 heavy (non-hydrogen) atoms. The first-order chi connectivity index (χ1) is 14.7. The van der Waals surface area contributed by atoms with E-state index in [0.717, 1.165) is 24.2 Å². The molecule has 2 aliphatic rings. The average molecular weight is 402 g/mol. The molecule has 0 spiro atoms. The molecule has 1 aromatic heterocycles. The van der Waals surface area contributed by atoms with Gasteiger partial charge in [-0.25, -0.2) is 4.68 Å². The minimum Gasteiger partial charge on any atom is -0.477 e. The largest absolute Gasteiger partial charge is 0.477 e. The van der Waals surface area contributed by atoms with Gasteiger partial charge in [-0.3, -0.25) is 14.5 Å². The molecule has 1 fully saturated rings. The van der Waals surface area contributed by atoms with Crippen molar-refractivity contribution in [3.8, 4) is 11.4 Å². The SMILES string of the molecule is CNC(=O)[C@@H]1CN(C(=O)c2cc(C3CC3)nn2-c2ccccc2)c2ccccc2O1. The molecule has 7 heteroatoms. The molecule has 1 aliphatic heterocycles. The number of rotatable bonds is 4. The maximum atomic E-state index is 13.7. The van der Waals surface area contributed by atoms with Crippen LogP contribution < -0.4 is 15.0 Å². The highest BCUT2D eigenvalue weighted by Crippen LogP contribution is 2.40. The fourth-order valence-electron chi connectivity index (χ4n) is 3.76. The molecule has 5 rings (SSSR count). The number of benzene rings is 2. The standard InChI is InChI=1S/C23H22N4O3/c1-24-22(28)21-14-26(18-9-5-6-10-20(18)30-21)23(29)19-13-17(15-11-12-15)25-27(19)16-7-3-2-4-8-16/h2-10,13,15,21H,11-12,14H2,1H3,(H,24,28)/t21-/m0/s1. The number of hydrogen-bond donors (Lipinski definition) is 1. The summed E-state index contributed by atoms with van der Waals surface area (Å²) >= 11 is 0. The first-order valence-corrected chi connectivity index (χ1v) is 10.1. The van der Waals surface area contributed by atoms with E-state index in [1.165, 1.54) is 0 Å². The van der Waals surface area contributed by atoms with Gasteiger partial charge in [-0.2, -0.15) is 5.10 Å². The zero-order valence-corrected chi connectivity index (χ0v) is 16.6. The highest BCUT2D eigenvalue weighted by Gasteiger charge is 2.36. The van der Waals surface area contributed by atoms with Crippen molar-refractivity contribution in [2.75, 3.05) is 18.5 Å². The van der Waals surface area contributed by atoms with E-state index in [2.05, 4.69) is 5.32 Å². The van der Waals surface area contributed by atoms with Gasteiger partial charge < -0.3 is 10.1 Å². The quantitative estimate of drug-likeness (QED) is 0.728. The molecule has 0 unspecified atom stereocenters. The van der Waals surface area contributed by atoms with Crippen molar-refractivity contribution in [2.24, 2.45) is 0 Å². The molecule has 1 atom stereocenters. The number of fused-ring (bicyclic) bond motifs is 1. The number of carbonyl (C=O) groups is 2. The Hall–Kier alpha value is -3.61. The van der Waals surface area contributed by atoms with Crippen LogP contribution in [0.1, 0.15) is 34.9 Å². The summed E-state index contributed by atoms with van der Waals surface area (Å²) in [5, 5.41) is 7.35. The van der Waals surface area contributed by atoms with E-state index in [9.17, 15) is 9.59 Å². The normalized spacial score (nSPS) is 17.8. The maximum Gasteiger partial charge on any atom is 0.277 e. The topological polar surface area (TPSA) is 76.5 Å². The number of aromatic nitrogens is 2. The van der Waals surface area contributed by atoms with Gasteiger partial charge in [0, 0.05) is 13.0 Å². The van der Waals surface area contributed by atoms with Gasteiger partial charge in [0.2, 0.25) is 0 Å². The number of carbonyl (C=O) groups excluding carboxylic acids is 2. The third-order valence-corrected chi connectivity index (χ3v) is 5.50. The van der Waals surface area contributed by atoms with Crippen molar-refractivity contribution in [3.63, 3.8) is 0 Å². The average Bonchev–Trinajstić information content (AvgIpc) is 3.56. The summed E-state index contributed by atoms with van der Waals surface area (Å²) < 4.78 is 7.55. The number of likely N-dealkylation sites (N-methyl/N-ethyl adjacent to an activating group) is 1. The van der Waals surface area contributed by atoms with Crippen molar-refractivity contribution in [1.29, 1.82) is 0 Å². The van der Waals surface area contributed by atoms with Crippen LogP contribution >= 0.6 is 0 Å². The fourth-order valence-corrected chi connectivity index (χ4v) is 3.76. The van der Waals surface area contributed by atoms with Gasteiger partial charge in [-0.15, -0.1) is 0 Å². The zero-order chi connectivity index (χ0) is 20.7. The van der Waals surface area contributed by atoms with Gasteiger partial charge >= 0.3 is 0 Å². The van der Waals surface area contributed by atoms with Crippen LogP contribution in [0.4, 0.5) is 5.69 Å². The van der Waals surface area contributed by atoms with Gasteiger partial charge in [0.15, 0.2) is 6.10 Å². The van der Waals surface area contributed by atoms with Gasteiger partial charge in [0.25, 0.3) is 11.8 Å². The van der Waals surface area contributed by atoms with Gasteiger partial charge in [0.1, 0.15) is 11.4 Å². The Labute approximate surface area is 174 Å². The van der Waals surface area contributed by atoms with E-state index in [1.807, 2.05) is 54.6 Å². The maximum absolute atomic E-state index is 13.7. The smallest absolute Gasteiger partial charge is 0.277 e. The minimum absolute atomic E-state index is 0.133. The first-order valence-electron chi connectivity index (χ1n) is 10.1. The molecule has 152 valence electrons. The summed E-state index contributed by atoms with van der Waals surface area (Å²) in [6, 6.07) is 18.8. The second-order valence-corrected chi connectivity index (χ2v) is 7.58. The Morgan fingerprint density at radius 1 is 1.07 bits per heavy atom. The van der Waals surface area contributed by atoms with E-state index >= 15 is 0 Å². The summed E-state index contributed by atoms with van der Waals surface area (Å²) in [6.45, 7) is 0.133. The number of ether oxygens (including phenoxy) is 1. The lowest BCUT2D eigenvalue weighted by Gasteiger charge is -2.34. The van der Waals surface area contributed by atoms with Crippen LogP contribution in [-0.4, -0.2) is 41.3 Å². The minimum atomic E-state index is -0.773. The molecule has 7 nitrogen and oxygen atoms in total. The Kier molecular flexibility index (Phi) is 4.50. The lowest BCUT2D eigenvalue weighted by atomic mass is 10.1. The van der Waals surface area contributed by atoms with Crippen LogP contribution in [-0.2, 0) is 4.79 Å². The van der Waals surface area contributed by atoms with E-state index in [1.54, 1.807) is 22.7 Å². The monoisotopic (exact) mass is 402 g/mol. The van der Waals surface area contributed by atoms with E-state index in [0.29, 0.717) is 23.0 Å². The highest BCUT2D eigenvalue weighted by molar-refractivity contribution is 6.07. The summed E-state index contributed by atoms with van der Waals surface area (Å²) in [5.41, 5.74) is 2.90. The van der Waals surface area contributed by atoms with Crippen LogP contribution in [0.25, 0.3) is 5.69 Å². The van der Waals surface area contributed by atoms with Crippen LogP contribution in [0, 0.1) is 0 Å². The number of nitrogens with zero attached hydrogens (tertiary/aromatic N) is 3. The Balaban J connectivity index is 1.58. The van der Waals surface area contributed by atoms with Gasteiger partial charge in [-0.1, -0.05) is 30.3 Å². The summed E-state index contributed by atoms with van der Waals surface area (Å²) in [4.78, 5) is 27.6. The second kappa shape index (κ2) is 7.33. The third kappa shape index (κ3) is 3.22. The fraction of sp³-hybridized carbons (Fsp3) is 0.261. The van der Waals surface area contributed by atoms with E-state index < -0.39 is 6.10 Å². The molecular formula is C23H22N4O3. The molecule has 0 bridgehead atoms. The lowest BCUT2D eigenvalue weighted by molar-refractivity contribution is -0.127. The number of anilines is 1.